The van der Waals surface area contributed by atoms with Gasteiger partial charge in [-0.05, 0) is 5.56 Å². The van der Waals surface area contributed by atoms with Crippen LogP contribution in [0.1, 0.15) is 25.1 Å². The van der Waals surface area contributed by atoms with Crippen molar-refractivity contribution in [3.8, 4) is 0 Å². The van der Waals surface area contributed by atoms with Crippen LogP contribution in [0.5, 0.6) is 0 Å². The number of hydrogen-bond acceptors (Lipinski definition) is 3. The minimum atomic E-state index is 0.118. The lowest BCUT2D eigenvalue weighted by molar-refractivity contribution is 0.462. The third-order valence-corrected chi connectivity index (χ3v) is 3.24. The van der Waals surface area contributed by atoms with E-state index in [2.05, 4.69) is 53.7 Å². The van der Waals surface area contributed by atoms with Crippen LogP contribution in [-0.2, 0) is 19.0 Å². The van der Waals surface area contributed by atoms with Gasteiger partial charge in [0, 0.05) is 25.6 Å². The summed E-state index contributed by atoms with van der Waals surface area (Å²) in [5.74, 6) is 0. The van der Waals surface area contributed by atoms with Gasteiger partial charge in [0.2, 0.25) is 0 Å². The van der Waals surface area contributed by atoms with Crippen LogP contribution in [0, 0.1) is 0 Å². The predicted molar refractivity (Wildman–Crippen MR) is 72.2 cm³/mol. The van der Waals surface area contributed by atoms with E-state index in [1.54, 1.807) is 10.9 Å². The zero-order valence-electron chi connectivity index (χ0n) is 11.2. The molecule has 0 radical (unpaired) electrons. The van der Waals surface area contributed by atoms with Gasteiger partial charge in [-0.3, -0.25) is 4.68 Å². The van der Waals surface area contributed by atoms with Gasteiger partial charge in [-0.15, -0.1) is 5.10 Å². The van der Waals surface area contributed by atoms with E-state index in [4.69, 9.17) is 0 Å². The summed E-state index contributed by atoms with van der Waals surface area (Å²) in [4.78, 5) is 0. The summed E-state index contributed by atoms with van der Waals surface area (Å²) in [7, 11) is 1.91. The second-order valence-corrected chi connectivity index (χ2v) is 5.20. The second-order valence-electron chi connectivity index (χ2n) is 5.20. The molecule has 0 atom stereocenters. The molecular formula is C14H20N4. The second kappa shape index (κ2) is 5.31. The summed E-state index contributed by atoms with van der Waals surface area (Å²) in [6.45, 7) is 6.20. The Bertz CT molecular complexity index is 488. The van der Waals surface area contributed by atoms with Gasteiger partial charge in [-0.1, -0.05) is 49.4 Å². The van der Waals surface area contributed by atoms with Crippen LogP contribution in [0.2, 0.25) is 0 Å². The third kappa shape index (κ3) is 2.96. The molecular weight excluding hydrogens is 224 g/mol. The molecule has 0 saturated heterocycles. The Hall–Kier alpha value is -1.68. The minimum Gasteiger partial charge on any atom is -0.310 e. The first-order chi connectivity index (χ1) is 8.59. The maximum atomic E-state index is 3.92. The number of nitrogens with one attached hydrogen (secondary N) is 1. The fraction of sp³-hybridized carbons (Fsp3) is 0.429. The van der Waals surface area contributed by atoms with Crippen molar-refractivity contribution in [3.05, 3.63) is 47.8 Å². The number of aromatic nitrogens is 3. The molecule has 0 unspecified atom stereocenters. The van der Waals surface area contributed by atoms with Gasteiger partial charge in [0.15, 0.2) is 0 Å². The van der Waals surface area contributed by atoms with Gasteiger partial charge in [0.1, 0.15) is 0 Å². The highest BCUT2D eigenvalue weighted by molar-refractivity contribution is 5.23. The summed E-state index contributed by atoms with van der Waals surface area (Å²) in [5.41, 5.74) is 2.56. The minimum absolute atomic E-state index is 0.118. The first-order valence-corrected chi connectivity index (χ1v) is 6.19. The number of hydrogen-bond donors (Lipinski definition) is 1. The van der Waals surface area contributed by atoms with E-state index in [-0.39, 0.29) is 5.41 Å². The first kappa shape index (κ1) is 12.8. The zero-order chi connectivity index (χ0) is 13.0. The van der Waals surface area contributed by atoms with Gasteiger partial charge >= 0.3 is 0 Å². The van der Waals surface area contributed by atoms with Gasteiger partial charge in [0.25, 0.3) is 0 Å². The molecule has 0 fully saturated rings. The zero-order valence-corrected chi connectivity index (χ0v) is 11.2. The molecule has 0 aliphatic rings. The van der Waals surface area contributed by atoms with E-state index in [1.165, 1.54) is 5.56 Å². The molecule has 1 heterocycles. The largest absolute Gasteiger partial charge is 0.310 e. The summed E-state index contributed by atoms with van der Waals surface area (Å²) in [6, 6.07) is 10.6. The maximum Gasteiger partial charge on any atom is 0.0738 e. The Morgan fingerprint density at radius 1 is 1.22 bits per heavy atom. The van der Waals surface area contributed by atoms with Crippen molar-refractivity contribution in [2.45, 2.75) is 25.8 Å². The Labute approximate surface area is 108 Å². The topological polar surface area (TPSA) is 42.7 Å². The Balaban J connectivity index is 1.92. The molecule has 96 valence electrons. The molecule has 0 spiro atoms. The summed E-state index contributed by atoms with van der Waals surface area (Å²) in [5, 5.41) is 11.3. The fourth-order valence-electron chi connectivity index (χ4n) is 1.97. The highest BCUT2D eigenvalue weighted by atomic mass is 15.4. The summed E-state index contributed by atoms with van der Waals surface area (Å²) < 4.78 is 1.79. The van der Waals surface area contributed by atoms with Crippen molar-refractivity contribution in [2.75, 3.05) is 6.54 Å². The van der Waals surface area contributed by atoms with Crippen LogP contribution in [0.3, 0.4) is 0 Å². The van der Waals surface area contributed by atoms with Crippen LogP contribution in [0.4, 0.5) is 0 Å². The number of aryl methyl sites for hydroxylation is 1. The highest BCUT2D eigenvalue weighted by Gasteiger charge is 2.19. The number of nitrogens with zero attached hydrogens (tertiary/aromatic N) is 3. The Kier molecular flexibility index (Phi) is 3.77. The van der Waals surface area contributed by atoms with E-state index in [1.807, 2.05) is 13.1 Å². The van der Waals surface area contributed by atoms with Gasteiger partial charge < -0.3 is 5.32 Å². The lowest BCUT2D eigenvalue weighted by atomic mass is 9.84. The average Bonchev–Trinajstić information content (AvgIpc) is 2.76. The fourth-order valence-corrected chi connectivity index (χ4v) is 1.97. The van der Waals surface area contributed by atoms with E-state index >= 15 is 0 Å². The van der Waals surface area contributed by atoms with Crippen molar-refractivity contribution in [1.82, 2.24) is 20.3 Å². The molecule has 0 aliphatic carbocycles. The van der Waals surface area contributed by atoms with E-state index in [0.29, 0.717) is 0 Å². The van der Waals surface area contributed by atoms with E-state index in [9.17, 15) is 0 Å². The third-order valence-electron chi connectivity index (χ3n) is 3.24. The van der Waals surface area contributed by atoms with E-state index < -0.39 is 0 Å². The molecule has 1 aromatic heterocycles. The van der Waals surface area contributed by atoms with Gasteiger partial charge in [0.05, 0.1) is 11.9 Å². The normalized spacial score (nSPS) is 11.7. The molecule has 2 aromatic rings. The molecule has 1 N–H and O–H groups in total. The smallest absolute Gasteiger partial charge is 0.0738 e. The molecule has 0 saturated carbocycles. The van der Waals surface area contributed by atoms with Crippen LogP contribution in [0.15, 0.2) is 36.5 Å². The quantitative estimate of drug-likeness (QED) is 0.873. The van der Waals surface area contributed by atoms with Crippen molar-refractivity contribution in [3.63, 3.8) is 0 Å². The van der Waals surface area contributed by atoms with Crippen molar-refractivity contribution >= 4 is 0 Å². The SMILES string of the molecule is Cn1nncc1CNCC(C)(C)c1ccccc1. The lowest BCUT2D eigenvalue weighted by Gasteiger charge is -2.25. The standard InChI is InChI=1S/C14H20N4/c1-14(2,12-7-5-4-6-8-12)11-15-9-13-10-16-17-18(13)3/h4-8,10,15H,9,11H2,1-3H3. The van der Waals surface area contributed by atoms with Crippen molar-refractivity contribution in [2.24, 2.45) is 7.05 Å². The van der Waals surface area contributed by atoms with Crippen LogP contribution < -0.4 is 5.32 Å². The molecule has 18 heavy (non-hydrogen) atoms. The van der Waals surface area contributed by atoms with Gasteiger partial charge in [-0.2, -0.15) is 0 Å². The predicted octanol–water partition coefficient (Wildman–Crippen LogP) is 1.88. The van der Waals surface area contributed by atoms with Gasteiger partial charge in [-0.25, -0.2) is 0 Å². The Morgan fingerprint density at radius 2 is 1.94 bits per heavy atom. The average molecular weight is 244 g/mol. The first-order valence-electron chi connectivity index (χ1n) is 6.19. The summed E-state index contributed by atoms with van der Waals surface area (Å²) >= 11 is 0. The van der Waals surface area contributed by atoms with E-state index in [0.717, 1.165) is 18.8 Å². The van der Waals surface area contributed by atoms with Crippen molar-refractivity contribution < 1.29 is 0 Å². The lowest BCUT2D eigenvalue weighted by Crippen LogP contribution is -2.33. The molecule has 2 rings (SSSR count). The maximum absolute atomic E-state index is 3.92. The van der Waals surface area contributed by atoms with Crippen LogP contribution in [-0.4, -0.2) is 21.5 Å². The Morgan fingerprint density at radius 3 is 2.56 bits per heavy atom. The molecule has 1 aromatic carbocycles. The van der Waals surface area contributed by atoms with Crippen LogP contribution >= 0.6 is 0 Å². The molecule has 4 heteroatoms. The molecule has 0 bridgehead atoms. The highest BCUT2D eigenvalue weighted by Crippen LogP contribution is 2.21. The molecule has 0 aliphatic heterocycles. The van der Waals surface area contributed by atoms with Crippen molar-refractivity contribution in [1.29, 1.82) is 0 Å². The number of rotatable bonds is 5. The van der Waals surface area contributed by atoms with Crippen LogP contribution in [0.25, 0.3) is 0 Å². The summed E-state index contributed by atoms with van der Waals surface area (Å²) in [6.07, 6.45) is 1.79. The monoisotopic (exact) mass is 244 g/mol. The molecule has 4 nitrogen and oxygen atoms in total. The number of benzene rings is 1. The molecule has 0 amide bonds.